The maximum Gasteiger partial charge on any atom is 0.326 e. The van der Waals surface area contributed by atoms with Gasteiger partial charge in [0.2, 0.25) is 0 Å². The third kappa shape index (κ3) is 3.35. The Bertz CT molecular complexity index is 1070. The van der Waals surface area contributed by atoms with Gasteiger partial charge >= 0.3 is 5.69 Å². The number of carbonyl (C=O) groups excluding carboxylic acids is 1. The van der Waals surface area contributed by atoms with E-state index in [2.05, 4.69) is 4.98 Å². The third-order valence-corrected chi connectivity index (χ3v) is 5.18. The molecule has 1 N–H and O–H groups in total. The lowest BCUT2D eigenvalue weighted by Gasteiger charge is -2.33. The standard InChI is InChI=1S/C21H23N3O4/c1-23-17-12-14(9-10-16(17)22-21(23)26)20(25)24-11-5-6-15(13-24)28-19-8-4-3-7-18(19)27-2/h3-4,7-10,12,15H,5-6,11,13H2,1-2H3,(H,22,26)/t15-/m0/s1. The summed E-state index contributed by atoms with van der Waals surface area (Å²) in [6.45, 7) is 1.20. The normalized spacial score (nSPS) is 16.9. The summed E-state index contributed by atoms with van der Waals surface area (Å²) in [5, 5.41) is 0. The number of benzene rings is 2. The number of ether oxygens (including phenoxy) is 2. The van der Waals surface area contributed by atoms with Crippen LogP contribution in [0.3, 0.4) is 0 Å². The average Bonchev–Trinajstić information content (AvgIpc) is 3.01. The lowest BCUT2D eigenvalue weighted by atomic mass is 10.1. The number of likely N-dealkylation sites (tertiary alicyclic amines) is 1. The third-order valence-electron chi connectivity index (χ3n) is 5.18. The molecule has 1 aliphatic heterocycles. The summed E-state index contributed by atoms with van der Waals surface area (Å²) < 4.78 is 13.0. The summed E-state index contributed by atoms with van der Waals surface area (Å²) in [4.78, 5) is 29.4. The van der Waals surface area contributed by atoms with Gasteiger partial charge in [-0.2, -0.15) is 0 Å². The minimum Gasteiger partial charge on any atom is -0.493 e. The van der Waals surface area contributed by atoms with Gasteiger partial charge in [0.1, 0.15) is 6.10 Å². The van der Waals surface area contributed by atoms with Crippen LogP contribution in [0.1, 0.15) is 23.2 Å². The molecule has 1 aliphatic rings. The van der Waals surface area contributed by atoms with Crippen LogP contribution in [0.5, 0.6) is 11.5 Å². The summed E-state index contributed by atoms with van der Waals surface area (Å²) in [5.41, 5.74) is 1.82. The second kappa shape index (κ2) is 7.42. The first-order valence-electron chi connectivity index (χ1n) is 9.34. The predicted octanol–water partition coefficient (Wildman–Crippen LogP) is 2.56. The zero-order valence-electron chi connectivity index (χ0n) is 16.0. The predicted molar refractivity (Wildman–Crippen MR) is 106 cm³/mol. The maximum absolute atomic E-state index is 13.0. The molecular weight excluding hydrogens is 358 g/mol. The number of methoxy groups -OCH3 is 1. The number of carbonyl (C=O) groups is 1. The topological polar surface area (TPSA) is 76.6 Å². The van der Waals surface area contributed by atoms with E-state index in [1.165, 1.54) is 4.57 Å². The van der Waals surface area contributed by atoms with Crippen LogP contribution in [0.2, 0.25) is 0 Å². The van der Waals surface area contributed by atoms with Gasteiger partial charge in [-0.3, -0.25) is 9.36 Å². The van der Waals surface area contributed by atoms with Crippen molar-refractivity contribution in [2.75, 3.05) is 20.2 Å². The highest BCUT2D eigenvalue weighted by Crippen LogP contribution is 2.29. The summed E-state index contributed by atoms with van der Waals surface area (Å²) in [6.07, 6.45) is 1.67. The van der Waals surface area contributed by atoms with Crippen molar-refractivity contribution in [1.82, 2.24) is 14.5 Å². The molecule has 0 radical (unpaired) electrons. The number of imidazole rings is 1. The van der Waals surface area contributed by atoms with Crippen LogP contribution in [-0.2, 0) is 7.05 Å². The number of aromatic nitrogens is 2. The quantitative estimate of drug-likeness (QED) is 0.754. The lowest BCUT2D eigenvalue weighted by molar-refractivity contribution is 0.0532. The highest BCUT2D eigenvalue weighted by Gasteiger charge is 2.26. The SMILES string of the molecule is COc1ccccc1O[C@H]1CCCN(C(=O)c2ccc3[nH]c(=O)n(C)c3c2)C1. The van der Waals surface area contributed by atoms with E-state index < -0.39 is 0 Å². The molecule has 1 aromatic heterocycles. The Kier molecular flexibility index (Phi) is 4.81. The maximum atomic E-state index is 13.0. The fourth-order valence-electron chi connectivity index (χ4n) is 3.65. The summed E-state index contributed by atoms with van der Waals surface area (Å²) in [5.74, 6) is 1.32. The van der Waals surface area contributed by atoms with Gasteiger partial charge in [-0.15, -0.1) is 0 Å². The molecule has 0 bridgehead atoms. The van der Waals surface area contributed by atoms with Gasteiger partial charge in [-0.1, -0.05) is 12.1 Å². The monoisotopic (exact) mass is 381 g/mol. The van der Waals surface area contributed by atoms with Crippen molar-refractivity contribution in [3.8, 4) is 11.5 Å². The summed E-state index contributed by atoms with van der Waals surface area (Å²) in [7, 11) is 3.30. The summed E-state index contributed by atoms with van der Waals surface area (Å²) in [6, 6.07) is 12.8. The summed E-state index contributed by atoms with van der Waals surface area (Å²) >= 11 is 0. The van der Waals surface area contributed by atoms with Gasteiger partial charge < -0.3 is 19.4 Å². The van der Waals surface area contributed by atoms with Crippen LogP contribution in [0.4, 0.5) is 0 Å². The number of rotatable bonds is 4. The number of nitrogens with zero attached hydrogens (tertiary/aromatic N) is 2. The van der Waals surface area contributed by atoms with E-state index in [-0.39, 0.29) is 17.7 Å². The van der Waals surface area contributed by atoms with E-state index in [9.17, 15) is 9.59 Å². The van der Waals surface area contributed by atoms with Crippen molar-refractivity contribution in [3.05, 3.63) is 58.5 Å². The molecule has 0 spiro atoms. The number of aromatic amines is 1. The largest absolute Gasteiger partial charge is 0.493 e. The minimum absolute atomic E-state index is 0.0520. The highest BCUT2D eigenvalue weighted by atomic mass is 16.5. The van der Waals surface area contributed by atoms with Crippen LogP contribution < -0.4 is 15.2 Å². The molecule has 146 valence electrons. The van der Waals surface area contributed by atoms with Crippen LogP contribution in [0.25, 0.3) is 11.0 Å². The molecule has 28 heavy (non-hydrogen) atoms. The molecule has 4 rings (SSSR count). The van der Waals surface area contributed by atoms with E-state index in [0.29, 0.717) is 30.2 Å². The van der Waals surface area contributed by atoms with E-state index >= 15 is 0 Å². The molecule has 2 heterocycles. The van der Waals surface area contributed by atoms with Crippen LogP contribution in [0.15, 0.2) is 47.3 Å². The van der Waals surface area contributed by atoms with Crippen molar-refractivity contribution in [1.29, 1.82) is 0 Å². The number of piperidine rings is 1. The van der Waals surface area contributed by atoms with Crippen molar-refractivity contribution in [2.45, 2.75) is 18.9 Å². The first-order valence-corrected chi connectivity index (χ1v) is 9.34. The second-order valence-electron chi connectivity index (χ2n) is 7.01. The van der Waals surface area contributed by atoms with E-state index in [1.807, 2.05) is 29.2 Å². The molecule has 7 nitrogen and oxygen atoms in total. The zero-order valence-corrected chi connectivity index (χ0v) is 16.0. The molecule has 1 saturated heterocycles. The smallest absolute Gasteiger partial charge is 0.326 e. The molecule has 0 aliphatic carbocycles. The molecule has 0 unspecified atom stereocenters. The number of H-pyrrole nitrogens is 1. The Morgan fingerprint density at radius 2 is 1.96 bits per heavy atom. The van der Waals surface area contributed by atoms with Crippen molar-refractivity contribution >= 4 is 16.9 Å². The molecule has 7 heteroatoms. The van der Waals surface area contributed by atoms with Crippen molar-refractivity contribution < 1.29 is 14.3 Å². The molecule has 1 atom stereocenters. The minimum atomic E-state index is -0.192. The molecule has 2 aromatic carbocycles. The highest BCUT2D eigenvalue weighted by molar-refractivity contribution is 5.97. The van der Waals surface area contributed by atoms with Gasteiger partial charge in [0.25, 0.3) is 5.91 Å². The van der Waals surface area contributed by atoms with E-state index in [1.54, 1.807) is 32.4 Å². The van der Waals surface area contributed by atoms with Gasteiger partial charge in [0, 0.05) is 19.2 Å². The first kappa shape index (κ1) is 18.2. The fourth-order valence-corrected chi connectivity index (χ4v) is 3.65. The Hall–Kier alpha value is -3.22. The molecular formula is C21H23N3O4. The fraction of sp³-hybridized carbons (Fsp3) is 0.333. The molecule has 1 amide bonds. The second-order valence-corrected chi connectivity index (χ2v) is 7.01. The Morgan fingerprint density at radius 3 is 2.75 bits per heavy atom. The number of aryl methyl sites for hydroxylation is 1. The zero-order chi connectivity index (χ0) is 19.7. The Morgan fingerprint density at radius 1 is 1.18 bits per heavy atom. The average molecular weight is 381 g/mol. The number of para-hydroxylation sites is 2. The van der Waals surface area contributed by atoms with E-state index in [4.69, 9.17) is 9.47 Å². The van der Waals surface area contributed by atoms with Gasteiger partial charge in [0.15, 0.2) is 11.5 Å². The number of fused-ring (bicyclic) bond motifs is 1. The number of hydrogen-bond acceptors (Lipinski definition) is 4. The first-order chi connectivity index (χ1) is 13.6. The number of amides is 1. The van der Waals surface area contributed by atoms with Crippen LogP contribution >= 0.6 is 0 Å². The van der Waals surface area contributed by atoms with Gasteiger partial charge in [-0.25, -0.2) is 4.79 Å². The number of nitrogens with one attached hydrogen (secondary N) is 1. The van der Waals surface area contributed by atoms with Crippen LogP contribution in [0, 0.1) is 0 Å². The lowest BCUT2D eigenvalue weighted by Crippen LogP contribution is -2.44. The Balaban J connectivity index is 1.52. The number of hydrogen-bond donors (Lipinski definition) is 1. The van der Waals surface area contributed by atoms with Crippen LogP contribution in [-0.4, -0.2) is 46.7 Å². The molecule has 1 fully saturated rings. The van der Waals surface area contributed by atoms with Crippen molar-refractivity contribution in [3.63, 3.8) is 0 Å². The molecule has 0 saturated carbocycles. The van der Waals surface area contributed by atoms with E-state index in [0.717, 1.165) is 23.9 Å². The van der Waals surface area contributed by atoms with Crippen molar-refractivity contribution in [2.24, 2.45) is 7.05 Å². The Labute approximate surface area is 162 Å². The molecule has 3 aromatic rings. The van der Waals surface area contributed by atoms with Gasteiger partial charge in [-0.05, 0) is 43.2 Å². The van der Waals surface area contributed by atoms with Gasteiger partial charge in [0.05, 0.1) is 24.7 Å².